The van der Waals surface area contributed by atoms with Gasteiger partial charge in [-0.25, -0.2) is 9.79 Å². The topological polar surface area (TPSA) is 85.0 Å². The summed E-state index contributed by atoms with van der Waals surface area (Å²) in [5.74, 6) is 0.678. The number of methoxy groups -OCH3 is 1. The number of ether oxygens (including phenoxy) is 1. The summed E-state index contributed by atoms with van der Waals surface area (Å²) in [4.78, 5) is 29.0. The number of nitro benzene ring substituents is 1. The highest BCUT2D eigenvalue weighted by molar-refractivity contribution is 8.14. The van der Waals surface area contributed by atoms with E-state index in [0.717, 1.165) is 10.7 Å². The van der Waals surface area contributed by atoms with Crippen molar-refractivity contribution in [3.63, 3.8) is 0 Å². The van der Waals surface area contributed by atoms with Crippen LogP contribution < -0.4 is 0 Å². The molecule has 1 aliphatic heterocycles. The summed E-state index contributed by atoms with van der Waals surface area (Å²) in [5, 5.41) is 11.6. The van der Waals surface area contributed by atoms with E-state index < -0.39 is 4.92 Å². The van der Waals surface area contributed by atoms with E-state index in [1.54, 1.807) is 13.0 Å². The van der Waals surface area contributed by atoms with Crippen molar-refractivity contribution in [1.82, 2.24) is 4.90 Å². The largest absolute Gasteiger partial charge is 0.467 e. The van der Waals surface area contributed by atoms with Gasteiger partial charge in [0.15, 0.2) is 5.17 Å². The van der Waals surface area contributed by atoms with Crippen LogP contribution in [-0.2, 0) is 9.53 Å². The van der Waals surface area contributed by atoms with Crippen LogP contribution in [0.15, 0.2) is 23.2 Å². The first-order valence-corrected chi connectivity index (χ1v) is 9.63. The third-order valence-electron chi connectivity index (χ3n) is 3.63. The lowest BCUT2D eigenvalue weighted by atomic mass is 10.2. The Kier molecular flexibility index (Phi) is 8.57. The molecule has 0 aliphatic carbocycles. The van der Waals surface area contributed by atoms with Crippen molar-refractivity contribution in [2.45, 2.75) is 40.7 Å². The number of non-ortho nitro benzene ring substituents is 1. The Morgan fingerprint density at radius 3 is 2.62 bits per heavy atom. The summed E-state index contributed by atoms with van der Waals surface area (Å²) in [6.45, 7) is 10.6. The van der Waals surface area contributed by atoms with E-state index >= 15 is 0 Å². The van der Waals surface area contributed by atoms with Crippen LogP contribution in [0.2, 0.25) is 0 Å². The van der Waals surface area contributed by atoms with Gasteiger partial charge < -0.3 is 9.64 Å². The second-order valence-corrected chi connectivity index (χ2v) is 7.01. The number of aryl methyl sites for hydroxylation is 1. The van der Waals surface area contributed by atoms with Crippen molar-refractivity contribution < 1.29 is 14.5 Å². The van der Waals surface area contributed by atoms with E-state index in [9.17, 15) is 14.9 Å². The molecule has 0 amide bonds. The van der Waals surface area contributed by atoms with E-state index in [4.69, 9.17) is 4.74 Å². The smallest absolute Gasteiger partial charge is 0.329 e. The van der Waals surface area contributed by atoms with E-state index in [1.807, 2.05) is 18.7 Å². The third kappa shape index (κ3) is 5.45. The molecule has 0 N–H and O–H groups in total. The Morgan fingerprint density at radius 1 is 1.46 bits per heavy atom. The number of thioether (sulfide) groups is 1. The minimum Gasteiger partial charge on any atom is -0.467 e. The summed E-state index contributed by atoms with van der Waals surface area (Å²) in [7, 11) is 1.39. The number of esters is 1. The second kappa shape index (κ2) is 10.2. The van der Waals surface area contributed by atoms with Crippen LogP contribution in [-0.4, -0.2) is 46.4 Å². The summed E-state index contributed by atoms with van der Waals surface area (Å²) < 4.78 is 4.89. The Morgan fingerprint density at radius 2 is 2.12 bits per heavy atom. The molecule has 1 atom stereocenters. The lowest BCUT2D eigenvalue weighted by Gasteiger charge is -2.25. The molecular formula is C18H27N3O4S. The first-order valence-electron chi connectivity index (χ1n) is 8.64. The first-order chi connectivity index (χ1) is 12.3. The number of nitro groups is 1. The first kappa shape index (κ1) is 22.0. The SMILES string of the molecule is CC.COC(=O)C1CSC(=Nc2ccc([N+](=O)[O-])cc2C)N1CC(C)C. The highest BCUT2D eigenvalue weighted by Crippen LogP contribution is 2.31. The monoisotopic (exact) mass is 381 g/mol. The number of rotatable bonds is 5. The van der Waals surface area contributed by atoms with Crippen LogP contribution in [0.1, 0.15) is 33.3 Å². The van der Waals surface area contributed by atoms with Gasteiger partial charge in [-0.05, 0) is 24.5 Å². The zero-order chi connectivity index (χ0) is 19.9. The van der Waals surface area contributed by atoms with E-state index in [1.165, 1.54) is 31.0 Å². The minimum absolute atomic E-state index is 0.0435. The van der Waals surface area contributed by atoms with Crippen LogP contribution in [0, 0.1) is 23.0 Å². The van der Waals surface area contributed by atoms with Crippen LogP contribution in [0.4, 0.5) is 11.4 Å². The normalized spacial score (nSPS) is 17.9. The fourth-order valence-corrected chi connectivity index (χ4v) is 3.62. The molecule has 0 aromatic heterocycles. The van der Waals surface area contributed by atoms with E-state index in [-0.39, 0.29) is 17.7 Å². The van der Waals surface area contributed by atoms with E-state index in [2.05, 4.69) is 18.8 Å². The number of benzene rings is 1. The number of hydrogen-bond donors (Lipinski definition) is 0. The zero-order valence-electron chi connectivity index (χ0n) is 16.2. The molecule has 0 radical (unpaired) electrons. The van der Waals surface area contributed by atoms with Crippen molar-refractivity contribution in [3.05, 3.63) is 33.9 Å². The average Bonchev–Trinajstić information content (AvgIpc) is 2.99. The van der Waals surface area contributed by atoms with Crippen LogP contribution >= 0.6 is 11.8 Å². The van der Waals surface area contributed by atoms with Crippen molar-refractivity contribution in [2.24, 2.45) is 10.9 Å². The molecule has 1 aromatic rings. The number of nitrogens with zero attached hydrogens (tertiary/aromatic N) is 3. The molecule has 2 rings (SSSR count). The maximum Gasteiger partial charge on any atom is 0.329 e. The molecular weight excluding hydrogens is 354 g/mol. The second-order valence-electron chi connectivity index (χ2n) is 6.02. The molecule has 7 nitrogen and oxygen atoms in total. The fourth-order valence-electron chi connectivity index (χ4n) is 2.47. The predicted octanol–water partition coefficient (Wildman–Crippen LogP) is 4.16. The molecule has 1 aliphatic rings. The summed E-state index contributed by atoms with van der Waals surface area (Å²) in [5.41, 5.74) is 1.44. The van der Waals surface area contributed by atoms with Crippen molar-refractivity contribution in [2.75, 3.05) is 19.4 Å². The molecule has 1 heterocycles. The summed E-state index contributed by atoms with van der Waals surface area (Å²) in [6, 6.07) is 4.24. The van der Waals surface area contributed by atoms with Gasteiger partial charge in [-0.2, -0.15) is 0 Å². The van der Waals surface area contributed by atoms with Crippen molar-refractivity contribution in [3.8, 4) is 0 Å². The Bertz CT molecular complexity index is 676. The number of aliphatic imine (C=N–C) groups is 1. The molecule has 1 fully saturated rings. The molecule has 8 heteroatoms. The zero-order valence-corrected chi connectivity index (χ0v) is 17.0. The van der Waals surface area contributed by atoms with Gasteiger partial charge >= 0.3 is 5.97 Å². The fraction of sp³-hybridized carbons (Fsp3) is 0.556. The maximum absolute atomic E-state index is 12.0. The average molecular weight is 381 g/mol. The molecule has 0 bridgehead atoms. The molecule has 1 unspecified atom stereocenters. The Labute approximate surface area is 159 Å². The van der Waals surface area contributed by atoms with Crippen molar-refractivity contribution in [1.29, 1.82) is 0 Å². The number of carbonyl (C=O) groups excluding carboxylic acids is 1. The van der Waals surface area contributed by atoms with Gasteiger partial charge in [0.25, 0.3) is 5.69 Å². The molecule has 1 aromatic carbocycles. The molecule has 0 saturated carbocycles. The maximum atomic E-state index is 12.0. The van der Waals surface area contributed by atoms with Gasteiger partial charge in [-0.1, -0.05) is 39.5 Å². The van der Waals surface area contributed by atoms with Crippen LogP contribution in [0.3, 0.4) is 0 Å². The molecule has 1 saturated heterocycles. The van der Waals surface area contributed by atoms with Gasteiger partial charge in [-0.3, -0.25) is 10.1 Å². The Balaban J connectivity index is 0.00000163. The van der Waals surface area contributed by atoms with Crippen molar-refractivity contribution >= 4 is 34.3 Å². The molecule has 144 valence electrons. The van der Waals surface area contributed by atoms with Crippen LogP contribution in [0.25, 0.3) is 0 Å². The summed E-state index contributed by atoms with van der Waals surface area (Å²) in [6.07, 6.45) is 0. The number of carbonyl (C=O) groups is 1. The highest BCUT2D eigenvalue weighted by Gasteiger charge is 2.36. The van der Waals surface area contributed by atoms with Gasteiger partial charge in [0.2, 0.25) is 0 Å². The van der Waals surface area contributed by atoms with E-state index in [0.29, 0.717) is 23.9 Å². The number of amidine groups is 1. The minimum atomic E-state index is -0.424. The molecule has 0 spiro atoms. The standard InChI is InChI=1S/C16H21N3O4S.C2H6/c1-10(2)8-18-14(15(20)23-4)9-24-16(18)17-13-6-5-12(19(21)22)7-11(13)3;1-2/h5-7,10,14H,8-9H2,1-4H3;1-2H3. The quantitative estimate of drug-likeness (QED) is 0.432. The van der Waals surface area contributed by atoms with Gasteiger partial charge in [0, 0.05) is 24.4 Å². The number of hydrogen-bond acceptors (Lipinski definition) is 6. The van der Waals surface area contributed by atoms with Crippen LogP contribution in [0.5, 0.6) is 0 Å². The predicted molar refractivity (Wildman–Crippen MR) is 106 cm³/mol. The Hall–Kier alpha value is -2.09. The van der Waals surface area contributed by atoms with Gasteiger partial charge in [-0.15, -0.1) is 0 Å². The summed E-state index contributed by atoms with van der Waals surface area (Å²) >= 11 is 1.50. The molecule has 26 heavy (non-hydrogen) atoms. The highest BCUT2D eigenvalue weighted by atomic mass is 32.2. The lowest BCUT2D eigenvalue weighted by Crippen LogP contribution is -2.42. The third-order valence-corrected chi connectivity index (χ3v) is 4.70. The van der Waals surface area contributed by atoms with Gasteiger partial charge in [0.1, 0.15) is 6.04 Å². The van der Waals surface area contributed by atoms with Gasteiger partial charge in [0.05, 0.1) is 17.7 Å². The lowest BCUT2D eigenvalue weighted by molar-refractivity contribution is -0.384.